The maximum absolute atomic E-state index is 4.58. The number of hydrogen-bond donors (Lipinski definition) is 1. The lowest BCUT2D eigenvalue weighted by Gasteiger charge is -2.05. The molecule has 0 saturated carbocycles. The number of rotatable bonds is 2. The first kappa shape index (κ1) is 10.2. The van der Waals surface area contributed by atoms with Gasteiger partial charge in [-0.25, -0.2) is 9.97 Å². The summed E-state index contributed by atoms with van der Waals surface area (Å²) in [6.07, 6.45) is 0. The standard InChI is InChI=1S/C13H11N3S/c1-14-12-10-7-8-17-13(10)16-11(15-12)9-5-3-2-4-6-9/h2-8H,1H3,(H,14,15,16). The zero-order valence-electron chi connectivity index (χ0n) is 9.34. The smallest absolute Gasteiger partial charge is 0.163 e. The van der Waals surface area contributed by atoms with E-state index < -0.39 is 0 Å². The van der Waals surface area contributed by atoms with Gasteiger partial charge in [-0.2, -0.15) is 0 Å². The lowest BCUT2D eigenvalue weighted by atomic mass is 10.2. The van der Waals surface area contributed by atoms with Crippen molar-refractivity contribution in [3.05, 3.63) is 41.8 Å². The van der Waals surface area contributed by atoms with Crippen LogP contribution in [0.25, 0.3) is 21.6 Å². The summed E-state index contributed by atoms with van der Waals surface area (Å²) in [7, 11) is 1.88. The highest BCUT2D eigenvalue weighted by atomic mass is 32.1. The second-order valence-corrected chi connectivity index (χ2v) is 4.55. The zero-order chi connectivity index (χ0) is 11.7. The van der Waals surface area contributed by atoms with Crippen molar-refractivity contribution >= 4 is 27.4 Å². The van der Waals surface area contributed by atoms with Crippen molar-refractivity contribution in [2.45, 2.75) is 0 Å². The Kier molecular flexibility index (Phi) is 2.49. The molecular weight excluding hydrogens is 230 g/mol. The van der Waals surface area contributed by atoms with Crippen molar-refractivity contribution in [2.75, 3.05) is 12.4 Å². The van der Waals surface area contributed by atoms with Crippen LogP contribution < -0.4 is 5.32 Å². The molecule has 2 aromatic heterocycles. The van der Waals surface area contributed by atoms with Crippen LogP contribution >= 0.6 is 11.3 Å². The molecule has 0 aliphatic heterocycles. The molecule has 0 aliphatic rings. The average Bonchev–Trinajstić information content (AvgIpc) is 2.86. The van der Waals surface area contributed by atoms with Crippen molar-refractivity contribution in [2.24, 2.45) is 0 Å². The van der Waals surface area contributed by atoms with E-state index in [1.165, 1.54) is 0 Å². The number of thiophene rings is 1. The van der Waals surface area contributed by atoms with E-state index in [2.05, 4.69) is 15.3 Å². The second kappa shape index (κ2) is 4.14. The Morgan fingerprint density at radius 2 is 1.88 bits per heavy atom. The first-order valence-corrected chi connectivity index (χ1v) is 6.25. The number of aromatic nitrogens is 2. The average molecular weight is 241 g/mol. The summed E-state index contributed by atoms with van der Waals surface area (Å²) in [6.45, 7) is 0. The first-order chi connectivity index (χ1) is 8.38. The minimum absolute atomic E-state index is 0.768. The molecule has 0 atom stereocenters. The van der Waals surface area contributed by atoms with Gasteiger partial charge in [0.1, 0.15) is 10.6 Å². The predicted octanol–water partition coefficient (Wildman–Crippen LogP) is 3.40. The van der Waals surface area contributed by atoms with Gasteiger partial charge in [0.05, 0.1) is 5.39 Å². The summed E-state index contributed by atoms with van der Waals surface area (Å²) in [4.78, 5) is 10.1. The quantitative estimate of drug-likeness (QED) is 0.747. The molecule has 0 amide bonds. The van der Waals surface area contributed by atoms with E-state index in [0.29, 0.717) is 0 Å². The molecule has 1 aromatic carbocycles. The molecule has 3 rings (SSSR count). The van der Waals surface area contributed by atoms with Gasteiger partial charge in [-0.3, -0.25) is 0 Å². The van der Waals surface area contributed by atoms with Gasteiger partial charge in [0.25, 0.3) is 0 Å². The first-order valence-electron chi connectivity index (χ1n) is 5.37. The maximum atomic E-state index is 4.58. The lowest BCUT2D eigenvalue weighted by Crippen LogP contribution is -1.96. The molecule has 17 heavy (non-hydrogen) atoms. The minimum Gasteiger partial charge on any atom is -0.372 e. The number of nitrogens with one attached hydrogen (secondary N) is 1. The third kappa shape index (κ3) is 1.76. The molecule has 0 saturated heterocycles. The summed E-state index contributed by atoms with van der Waals surface area (Å²) >= 11 is 1.63. The van der Waals surface area contributed by atoms with Gasteiger partial charge in [-0.1, -0.05) is 30.3 Å². The van der Waals surface area contributed by atoms with Gasteiger partial charge in [-0.15, -0.1) is 11.3 Å². The molecule has 0 unspecified atom stereocenters. The molecule has 1 N–H and O–H groups in total. The van der Waals surface area contributed by atoms with E-state index in [9.17, 15) is 0 Å². The van der Waals surface area contributed by atoms with E-state index in [1.807, 2.05) is 48.8 Å². The Hall–Kier alpha value is -1.94. The van der Waals surface area contributed by atoms with E-state index >= 15 is 0 Å². The van der Waals surface area contributed by atoms with Crippen LogP contribution in [-0.4, -0.2) is 17.0 Å². The molecular formula is C13H11N3S. The Balaban J connectivity index is 2.24. The number of anilines is 1. The second-order valence-electron chi connectivity index (χ2n) is 3.65. The van der Waals surface area contributed by atoms with Crippen molar-refractivity contribution < 1.29 is 0 Å². The summed E-state index contributed by atoms with van der Waals surface area (Å²) in [5, 5.41) is 6.24. The summed E-state index contributed by atoms with van der Waals surface area (Å²) in [5.74, 6) is 1.65. The molecule has 0 fully saturated rings. The molecule has 4 heteroatoms. The minimum atomic E-state index is 0.768. The molecule has 2 heterocycles. The summed E-state index contributed by atoms with van der Waals surface area (Å²) in [5.41, 5.74) is 1.04. The van der Waals surface area contributed by atoms with Gasteiger partial charge in [0.15, 0.2) is 5.82 Å². The molecule has 3 aromatic rings. The van der Waals surface area contributed by atoms with E-state index in [-0.39, 0.29) is 0 Å². The number of hydrogen-bond acceptors (Lipinski definition) is 4. The fourth-order valence-electron chi connectivity index (χ4n) is 1.76. The maximum Gasteiger partial charge on any atom is 0.163 e. The lowest BCUT2D eigenvalue weighted by molar-refractivity contribution is 1.22. The van der Waals surface area contributed by atoms with Crippen LogP contribution in [0.15, 0.2) is 41.8 Å². The SMILES string of the molecule is CNc1nc(-c2ccccc2)nc2sccc12. The molecule has 0 aliphatic carbocycles. The van der Waals surface area contributed by atoms with Crippen LogP contribution in [0.4, 0.5) is 5.82 Å². The van der Waals surface area contributed by atoms with E-state index in [4.69, 9.17) is 0 Å². The monoisotopic (exact) mass is 241 g/mol. The van der Waals surface area contributed by atoms with Crippen LogP contribution in [-0.2, 0) is 0 Å². The Morgan fingerprint density at radius 3 is 2.65 bits per heavy atom. The van der Waals surface area contributed by atoms with E-state index in [1.54, 1.807) is 11.3 Å². The van der Waals surface area contributed by atoms with Crippen molar-refractivity contribution in [1.29, 1.82) is 0 Å². The highest BCUT2D eigenvalue weighted by molar-refractivity contribution is 7.16. The molecule has 0 bridgehead atoms. The normalized spacial score (nSPS) is 10.6. The molecule has 0 radical (unpaired) electrons. The van der Waals surface area contributed by atoms with Crippen LogP contribution in [0, 0.1) is 0 Å². The van der Waals surface area contributed by atoms with Gasteiger partial charge in [0, 0.05) is 12.6 Å². The Bertz CT molecular complexity index is 646. The van der Waals surface area contributed by atoms with Crippen LogP contribution in [0.2, 0.25) is 0 Å². The number of nitrogens with zero attached hydrogens (tertiary/aromatic N) is 2. The highest BCUT2D eigenvalue weighted by Gasteiger charge is 2.08. The summed E-state index contributed by atoms with van der Waals surface area (Å²) < 4.78 is 0. The third-order valence-corrected chi connectivity index (χ3v) is 3.40. The van der Waals surface area contributed by atoms with Gasteiger partial charge in [0.2, 0.25) is 0 Å². The highest BCUT2D eigenvalue weighted by Crippen LogP contribution is 2.27. The van der Waals surface area contributed by atoms with Gasteiger partial charge < -0.3 is 5.32 Å². The van der Waals surface area contributed by atoms with E-state index in [0.717, 1.165) is 27.4 Å². The third-order valence-electron chi connectivity index (χ3n) is 2.59. The predicted molar refractivity (Wildman–Crippen MR) is 72.4 cm³/mol. The zero-order valence-corrected chi connectivity index (χ0v) is 10.2. The van der Waals surface area contributed by atoms with Crippen molar-refractivity contribution in [1.82, 2.24) is 9.97 Å². The largest absolute Gasteiger partial charge is 0.372 e. The van der Waals surface area contributed by atoms with Crippen LogP contribution in [0.5, 0.6) is 0 Å². The van der Waals surface area contributed by atoms with Gasteiger partial charge >= 0.3 is 0 Å². The summed E-state index contributed by atoms with van der Waals surface area (Å²) in [6, 6.07) is 12.1. The van der Waals surface area contributed by atoms with Crippen molar-refractivity contribution in [3.8, 4) is 11.4 Å². The fourth-order valence-corrected chi connectivity index (χ4v) is 2.53. The van der Waals surface area contributed by atoms with Crippen molar-refractivity contribution in [3.63, 3.8) is 0 Å². The van der Waals surface area contributed by atoms with Gasteiger partial charge in [-0.05, 0) is 11.4 Å². The molecule has 0 spiro atoms. The molecule has 3 nitrogen and oxygen atoms in total. The Labute approximate surface area is 103 Å². The number of benzene rings is 1. The molecule has 84 valence electrons. The van der Waals surface area contributed by atoms with Crippen LogP contribution in [0.3, 0.4) is 0 Å². The Morgan fingerprint density at radius 1 is 1.06 bits per heavy atom. The topological polar surface area (TPSA) is 37.8 Å². The fraction of sp³-hybridized carbons (Fsp3) is 0.0769. The number of fused-ring (bicyclic) bond motifs is 1. The van der Waals surface area contributed by atoms with Crippen LogP contribution in [0.1, 0.15) is 0 Å².